The molecule has 0 aromatic carbocycles. The molecule has 1 atom stereocenters. The Kier molecular flexibility index (Phi) is 3.63. The van der Waals surface area contributed by atoms with Crippen molar-refractivity contribution in [3.05, 3.63) is 11.6 Å². The standard InChI is InChI=1S/C8H11F3N4O/c1-3-5(16)4-6-13-14-7(8(9,10)11)15(6)12-2/h5,16H,2-4H2,1H3. The molecule has 1 aromatic rings. The second kappa shape index (κ2) is 4.60. The predicted molar refractivity (Wildman–Crippen MR) is 50.0 cm³/mol. The molecule has 1 rings (SSSR count). The number of hydrogen-bond donors (Lipinski definition) is 1. The van der Waals surface area contributed by atoms with Gasteiger partial charge in [-0.05, 0) is 6.42 Å². The highest BCUT2D eigenvalue weighted by atomic mass is 19.4. The van der Waals surface area contributed by atoms with Gasteiger partial charge in [0.25, 0.3) is 5.82 Å². The van der Waals surface area contributed by atoms with E-state index in [9.17, 15) is 18.3 Å². The van der Waals surface area contributed by atoms with Crippen molar-refractivity contribution in [2.24, 2.45) is 5.10 Å². The number of aliphatic hydroxyl groups is 1. The number of hydrogen-bond acceptors (Lipinski definition) is 4. The molecule has 1 heterocycles. The van der Waals surface area contributed by atoms with Crippen molar-refractivity contribution < 1.29 is 18.3 Å². The van der Waals surface area contributed by atoms with Crippen LogP contribution in [0.4, 0.5) is 13.2 Å². The molecule has 1 aromatic heterocycles. The maximum absolute atomic E-state index is 12.4. The smallest absolute Gasteiger partial charge is 0.393 e. The molecular weight excluding hydrogens is 225 g/mol. The van der Waals surface area contributed by atoms with Gasteiger partial charge in [0, 0.05) is 13.1 Å². The van der Waals surface area contributed by atoms with E-state index in [0.717, 1.165) is 0 Å². The Morgan fingerprint density at radius 1 is 1.50 bits per heavy atom. The van der Waals surface area contributed by atoms with Crippen molar-refractivity contribution >= 4 is 6.72 Å². The molecule has 0 aliphatic carbocycles. The number of halogens is 3. The molecule has 0 saturated heterocycles. The van der Waals surface area contributed by atoms with Crippen molar-refractivity contribution in [1.29, 1.82) is 0 Å². The maximum atomic E-state index is 12.4. The minimum atomic E-state index is -4.64. The van der Waals surface area contributed by atoms with Crippen molar-refractivity contribution in [3.63, 3.8) is 0 Å². The van der Waals surface area contributed by atoms with E-state index < -0.39 is 18.1 Å². The molecular formula is C8H11F3N4O. The van der Waals surface area contributed by atoms with Gasteiger partial charge in [0.15, 0.2) is 5.82 Å². The summed E-state index contributed by atoms with van der Waals surface area (Å²) in [5.41, 5.74) is 0. The first-order valence-electron chi connectivity index (χ1n) is 4.56. The summed E-state index contributed by atoms with van der Waals surface area (Å²) in [7, 11) is 0. The average molecular weight is 236 g/mol. The molecule has 0 spiro atoms. The molecule has 0 fully saturated rings. The number of rotatable bonds is 4. The van der Waals surface area contributed by atoms with Crippen molar-refractivity contribution in [3.8, 4) is 0 Å². The quantitative estimate of drug-likeness (QED) is 0.795. The Bertz CT molecular complexity index is 374. The summed E-state index contributed by atoms with van der Waals surface area (Å²) >= 11 is 0. The lowest BCUT2D eigenvalue weighted by Gasteiger charge is -2.08. The van der Waals surface area contributed by atoms with Crippen LogP contribution in [0.15, 0.2) is 5.10 Å². The van der Waals surface area contributed by atoms with E-state index in [1.54, 1.807) is 6.92 Å². The van der Waals surface area contributed by atoms with Crippen LogP contribution in [0.25, 0.3) is 0 Å². The summed E-state index contributed by atoms with van der Waals surface area (Å²) < 4.78 is 37.7. The van der Waals surface area contributed by atoms with Gasteiger partial charge >= 0.3 is 6.18 Å². The molecule has 0 saturated carbocycles. The minimum Gasteiger partial charge on any atom is -0.393 e. The summed E-state index contributed by atoms with van der Waals surface area (Å²) in [5.74, 6) is -1.29. The predicted octanol–water partition coefficient (Wildman–Crippen LogP) is 1.07. The van der Waals surface area contributed by atoms with Crippen molar-refractivity contribution in [2.45, 2.75) is 32.0 Å². The van der Waals surface area contributed by atoms with E-state index in [4.69, 9.17) is 0 Å². The lowest BCUT2D eigenvalue weighted by atomic mass is 10.2. The van der Waals surface area contributed by atoms with E-state index in [1.807, 2.05) is 0 Å². The molecule has 90 valence electrons. The van der Waals surface area contributed by atoms with Crippen LogP contribution in [0.3, 0.4) is 0 Å². The van der Waals surface area contributed by atoms with Crippen LogP contribution in [0, 0.1) is 0 Å². The third-order valence-electron chi connectivity index (χ3n) is 1.99. The summed E-state index contributed by atoms with van der Waals surface area (Å²) in [6.45, 7) is 4.73. The third kappa shape index (κ3) is 2.57. The Hall–Kier alpha value is -1.44. The summed E-state index contributed by atoms with van der Waals surface area (Å²) in [6.07, 6.45) is -5.04. The first kappa shape index (κ1) is 12.6. The molecule has 0 aliphatic rings. The SMILES string of the molecule is C=Nn1c(CC(O)CC)nnc1C(F)(F)F. The molecule has 1 unspecified atom stereocenters. The molecule has 8 heteroatoms. The van der Waals surface area contributed by atoms with Crippen molar-refractivity contribution in [1.82, 2.24) is 14.9 Å². The van der Waals surface area contributed by atoms with Gasteiger partial charge in [-0.25, -0.2) is 0 Å². The Balaban J connectivity index is 3.04. The van der Waals surface area contributed by atoms with Crippen LogP contribution < -0.4 is 0 Å². The first-order valence-corrected chi connectivity index (χ1v) is 4.56. The molecule has 0 amide bonds. The van der Waals surface area contributed by atoms with Crippen LogP contribution in [-0.4, -0.2) is 32.8 Å². The van der Waals surface area contributed by atoms with Gasteiger partial charge in [0.05, 0.1) is 6.10 Å². The monoisotopic (exact) mass is 236 g/mol. The zero-order valence-corrected chi connectivity index (χ0v) is 8.57. The summed E-state index contributed by atoms with van der Waals surface area (Å²) in [4.78, 5) is 0. The zero-order chi connectivity index (χ0) is 12.3. The van der Waals surface area contributed by atoms with Gasteiger partial charge in [-0.1, -0.05) is 6.92 Å². The molecule has 5 nitrogen and oxygen atoms in total. The fourth-order valence-electron chi connectivity index (χ4n) is 1.12. The average Bonchev–Trinajstić information content (AvgIpc) is 2.60. The third-order valence-corrected chi connectivity index (χ3v) is 1.99. The number of aliphatic hydroxyl groups excluding tert-OH is 1. The lowest BCUT2D eigenvalue weighted by Crippen LogP contribution is -2.16. The van der Waals surface area contributed by atoms with Crippen LogP contribution in [0.5, 0.6) is 0 Å². The maximum Gasteiger partial charge on any atom is 0.453 e. The second-order valence-corrected chi connectivity index (χ2v) is 3.16. The molecule has 1 N–H and O–H groups in total. The zero-order valence-electron chi connectivity index (χ0n) is 8.57. The van der Waals surface area contributed by atoms with E-state index in [2.05, 4.69) is 22.0 Å². The largest absolute Gasteiger partial charge is 0.453 e. The van der Waals surface area contributed by atoms with E-state index in [0.29, 0.717) is 11.1 Å². The van der Waals surface area contributed by atoms with Gasteiger partial charge in [-0.2, -0.15) is 22.9 Å². The van der Waals surface area contributed by atoms with E-state index in [1.165, 1.54) is 0 Å². The molecule has 0 radical (unpaired) electrons. The van der Waals surface area contributed by atoms with Crippen LogP contribution in [0.2, 0.25) is 0 Å². The highest BCUT2D eigenvalue weighted by molar-refractivity contribution is 5.24. The Morgan fingerprint density at radius 3 is 2.56 bits per heavy atom. The highest BCUT2D eigenvalue weighted by Gasteiger charge is 2.38. The number of aromatic nitrogens is 3. The van der Waals surface area contributed by atoms with Crippen LogP contribution in [-0.2, 0) is 12.6 Å². The Morgan fingerprint density at radius 2 is 2.12 bits per heavy atom. The van der Waals surface area contributed by atoms with E-state index >= 15 is 0 Å². The second-order valence-electron chi connectivity index (χ2n) is 3.16. The first-order chi connectivity index (χ1) is 7.40. The Labute approximate surface area is 89.6 Å². The summed E-state index contributed by atoms with van der Waals surface area (Å²) in [5, 5.41) is 18.8. The lowest BCUT2D eigenvalue weighted by molar-refractivity contribution is -0.147. The van der Waals surface area contributed by atoms with E-state index in [-0.39, 0.29) is 12.2 Å². The highest BCUT2D eigenvalue weighted by Crippen LogP contribution is 2.28. The van der Waals surface area contributed by atoms with Crippen LogP contribution in [0.1, 0.15) is 25.0 Å². The van der Waals surface area contributed by atoms with Gasteiger partial charge in [0.2, 0.25) is 0 Å². The van der Waals surface area contributed by atoms with Gasteiger partial charge in [-0.3, -0.25) is 0 Å². The normalized spacial score (nSPS) is 13.8. The van der Waals surface area contributed by atoms with Gasteiger partial charge in [0.1, 0.15) is 0 Å². The van der Waals surface area contributed by atoms with Crippen molar-refractivity contribution in [2.75, 3.05) is 0 Å². The summed E-state index contributed by atoms with van der Waals surface area (Å²) in [6, 6.07) is 0. The fraction of sp³-hybridized carbons (Fsp3) is 0.625. The minimum absolute atomic E-state index is 0.0431. The topological polar surface area (TPSA) is 63.3 Å². The number of alkyl halides is 3. The molecule has 0 aliphatic heterocycles. The molecule has 0 bridgehead atoms. The van der Waals surface area contributed by atoms with Gasteiger partial charge in [-0.15, -0.1) is 10.2 Å². The van der Waals surface area contributed by atoms with Gasteiger partial charge < -0.3 is 5.11 Å². The fourth-order valence-corrected chi connectivity index (χ4v) is 1.12. The number of nitrogens with zero attached hydrogens (tertiary/aromatic N) is 4. The molecule has 16 heavy (non-hydrogen) atoms. The van der Waals surface area contributed by atoms with Crippen LogP contribution >= 0.6 is 0 Å².